The van der Waals surface area contributed by atoms with Crippen molar-refractivity contribution in [2.75, 3.05) is 33.4 Å². The molecule has 88 valence electrons. The van der Waals surface area contributed by atoms with E-state index in [1.54, 1.807) is 7.11 Å². The van der Waals surface area contributed by atoms with Gasteiger partial charge < -0.3 is 10.5 Å². The maximum absolute atomic E-state index is 8.57. The summed E-state index contributed by atoms with van der Waals surface area (Å²) in [6.07, 6.45) is 2.64. The topological polar surface area (TPSA) is 62.3 Å². The van der Waals surface area contributed by atoms with E-state index in [9.17, 15) is 0 Å². The highest BCUT2D eigenvalue weighted by molar-refractivity contribution is 4.76. The van der Waals surface area contributed by atoms with Gasteiger partial charge in [-0.05, 0) is 25.9 Å². The summed E-state index contributed by atoms with van der Waals surface area (Å²) in [7, 11) is 1.72. The minimum Gasteiger partial charge on any atom is -0.383 e. The largest absolute Gasteiger partial charge is 0.383 e. The van der Waals surface area contributed by atoms with E-state index in [1.165, 1.54) is 0 Å². The van der Waals surface area contributed by atoms with Crippen molar-refractivity contribution in [1.29, 1.82) is 5.26 Å². The Kier molecular flexibility index (Phi) is 9.49. The van der Waals surface area contributed by atoms with Gasteiger partial charge in [0.2, 0.25) is 0 Å². The van der Waals surface area contributed by atoms with Crippen molar-refractivity contribution >= 4 is 0 Å². The fourth-order valence-corrected chi connectivity index (χ4v) is 1.71. The second-order valence-corrected chi connectivity index (χ2v) is 3.58. The lowest BCUT2D eigenvalue weighted by Crippen LogP contribution is -2.39. The number of likely N-dealkylation sites (N-methyl/N-ethyl adjacent to an activating group) is 1. The lowest BCUT2D eigenvalue weighted by atomic mass is 10.1. The molecule has 0 aliphatic heterocycles. The molecule has 0 aromatic heterocycles. The summed E-state index contributed by atoms with van der Waals surface area (Å²) >= 11 is 0. The van der Waals surface area contributed by atoms with Crippen LogP contribution in [0.3, 0.4) is 0 Å². The van der Waals surface area contributed by atoms with Gasteiger partial charge in [-0.15, -0.1) is 0 Å². The number of methoxy groups -OCH3 is 1. The molecule has 0 saturated carbocycles. The van der Waals surface area contributed by atoms with E-state index >= 15 is 0 Å². The first-order valence-corrected chi connectivity index (χ1v) is 5.60. The minimum absolute atomic E-state index is 0.400. The maximum Gasteiger partial charge on any atom is 0.0635 e. The van der Waals surface area contributed by atoms with E-state index in [0.29, 0.717) is 12.5 Å². The Morgan fingerprint density at radius 1 is 1.53 bits per heavy atom. The van der Waals surface area contributed by atoms with Crippen molar-refractivity contribution in [2.45, 2.75) is 32.2 Å². The summed E-state index contributed by atoms with van der Waals surface area (Å²) in [6.45, 7) is 5.34. The Hall–Kier alpha value is -0.630. The molecule has 0 aromatic rings. The van der Waals surface area contributed by atoms with Crippen LogP contribution in [0.1, 0.15) is 26.2 Å². The zero-order chi connectivity index (χ0) is 11.5. The van der Waals surface area contributed by atoms with Crippen molar-refractivity contribution < 1.29 is 4.74 Å². The average molecular weight is 213 g/mol. The maximum atomic E-state index is 8.57. The Bertz CT molecular complexity index is 179. The van der Waals surface area contributed by atoms with E-state index in [2.05, 4.69) is 17.9 Å². The molecule has 0 heterocycles. The number of hydrogen-bond donors (Lipinski definition) is 1. The van der Waals surface area contributed by atoms with Crippen molar-refractivity contribution in [2.24, 2.45) is 5.73 Å². The predicted molar refractivity (Wildman–Crippen MR) is 61.4 cm³/mol. The van der Waals surface area contributed by atoms with Gasteiger partial charge in [-0.2, -0.15) is 5.26 Å². The monoisotopic (exact) mass is 213 g/mol. The quantitative estimate of drug-likeness (QED) is 0.620. The van der Waals surface area contributed by atoms with Crippen LogP contribution in [0.2, 0.25) is 0 Å². The molecule has 0 aromatic carbocycles. The molecule has 0 amide bonds. The van der Waals surface area contributed by atoms with Gasteiger partial charge in [0.15, 0.2) is 0 Å². The van der Waals surface area contributed by atoms with Crippen molar-refractivity contribution in [3.63, 3.8) is 0 Å². The molecular weight excluding hydrogens is 190 g/mol. The molecule has 0 radical (unpaired) electrons. The van der Waals surface area contributed by atoms with Gasteiger partial charge >= 0.3 is 0 Å². The van der Waals surface area contributed by atoms with Crippen LogP contribution in [0.25, 0.3) is 0 Å². The lowest BCUT2D eigenvalue weighted by molar-refractivity contribution is 0.0885. The SMILES string of the molecule is CCN(CCC#N)C(CCCN)COC. The molecule has 2 N–H and O–H groups in total. The highest BCUT2D eigenvalue weighted by Crippen LogP contribution is 2.07. The van der Waals surface area contributed by atoms with Crippen molar-refractivity contribution in [3.8, 4) is 6.07 Å². The van der Waals surface area contributed by atoms with Gasteiger partial charge in [0.1, 0.15) is 0 Å². The van der Waals surface area contributed by atoms with Crippen LogP contribution >= 0.6 is 0 Å². The average Bonchev–Trinajstić information content (AvgIpc) is 2.26. The standard InChI is InChI=1S/C11H23N3O/c1-3-14(9-5-8-13)11(10-15-2)6-4-7-12/h11H,3-7,9-10,12H2,1-2H3. The van der Waals surface area contributed by atoms with Crippen LogP contribution in [-0.4, -0.2) is 44.3 Å². The zero-order valence-electron chi connectivity index (χ0n) is 9.91. The van der Waals surface area contributed by atoms with Crippen LogP contribution < -0.4 is 5.73 Å². The summed E-state index contributed by atoms with van der Waals surface area (Å²) in [4.78, 5) is 2.29. The van der Waals surface area contributed by atoms with Crippen LogP contribution in [0, 0.1) is 11.3 Å². The summed E-state index contributed by atoms with van der Waals surface area (Å²) in [5.41, 5.74) is 5.50. The molecule has 0 aliphatic rings. The highest BCUT2D eigenvalue weighted by Gasteiger charge is 2.15. The summed E-state index contributed by atoms with van der Waals surface area (Å²) in [6, 6.07) is 2.58. The van der Waals surface area contributed by atoms with E-state index < -0.39 is 0 Å². The van der Waals surface area contributed by atoms with Gasteiger partial charge in [-0.1, -0.05) is 6.92 Å². The fraction of sp³-hybridized carbons (Fsp3) is 0.909. The number of nitrogens with two attached hydrogens (primary N) is 1. The molecule has 0 rings (SSSR count). The second-order valence-electron chi connectivity index (χ2n) is 3.58. The number of hydrogen-bond acceptors (Lipinski definition) is 4. The van der Waals surface area contributed by atoms with Crippen molar-refractivity contribution in [3.05, 3.63) is 0 Å². The van der Waals surface area contributed by atoms with Gasteiger partial charge in [-0.3, -0.25) is 4.90 Å². The third kappa shape index (κ3) is 6.45. The Balaban J connectivity index is 4.07. The molecule has 1 unspecified atom stereocenters. The zero-order valence-corrected chi connectivity index (χ0v) is 9.91. The molecule has 0 fully saturated rings. The Labute approximate surface area is 93.0 Å². The first-order valence-electron chi connectivity index (χ1n) is 5.60. The number of nitriles is 1. The minimum atomic E-state index is 0.400. The van der Waals surface area contributed by atoms with E-state index in [0.717, 1.165) is 39.1 Å². The van der Waals surface area contributed by atoms with Crippen LogP contribution in [-0.2, 0) is 4.74 Å². The van der Waals surface area contributed by atoms with E-state index in [-0.39, 0.29) is 0 Å². The lowest BCUT2D eigenvalue weighted by Gasteiger charge is -2.29. The van der Waals surface area contributed by atoms with Gasteiger partial charge in [0, 0.05) is 26.1 Å². The number of ether oxygens (including phenoxy) is 1. The molecule has 15 heavy (non-hydrogen) atoms. The van der Waals surface area contributed by atoms with E-state index in [1.807, 2.05) is 0 Å². The first kappa shape index (κ1) is 14.4. The Morgan fingerprint density at radius 3 is 2.73 bits per heavy atom. The molecule has 0 saturated heterocycles. The molecule has 1 atom stereocenters. The second kappa shape index (κ2) is 9.91. The third-order valence-corrected chi connectivity index (χ3v) is 2.53. The molecule has 4 nitrogen and oxygen atoms in total. The van der Waals surface area contributed by atoms with Crippen molar-refractivity contribution in [1.82, 2.24) is 4.90 Å². The van der Waals surface area contributed by atoms with Gasteiger partial charge in [0.25, 0.3) is 0 Å². The summed E-state index contributed by atoms with van der Waals surface area (Å²) < 4.78 is 5.20. The van der Waals surface area contributed by atoms with Crippen LogP contribution in [0.4, 0.5) is 0 Å². The molecule has 4 heteroatoms. The normalized spacial score (nSPS) is 12.7. The fourth-order valence-electron chi connectivity index (χ4n) is 1.71. The van der Waals surface area contributed by atoms with Crippen LogP contribution in [0.5, 0.6) is 0 Å². The number of nitrogens with zero attached hydrogens (tertiary/aromatic N) is 2. The third-order valence-electron chi connectivity index (χ3n) is 2.53. The van der Waals surface area contributed by atoms with Gasteiger partial charge in [-0.25, -0.2) is 0 Å². The first-order chi connectivity index (χ1) is 7.29. The molecule has 0 spiro atoms. The summed E-state index contributed by atoms with van der Waals surface area (Å²) in [5.74, 6) is 0. The van der Waals surface area contributed by atoms with Gasteiger partial charge in [0.05, 0.1) is 12.7 Å². The molecule has 0 aliphatic carbocycles. The summed E-state index contributed by atoms with van der Waals surface area (Å²) in [5, 5.41) is 8.57. The molecule has 0 bridgehead atoms. The van der Waals surface area contributed by atoms with E-state index in [4.69, 9.17) is 15.7 Å². The molecular formula is C11H23N3O. The van der Waals surface area contributed by atoms with Crippen LogP contribution in [0.15, 0.2) is 0 Å². The smallest absolute Gasteiger partial charge is 0.0635 e. The highest BCUT2D eigenvalue weighted by atomic mass is 16.5. The number of rotatable bonds is 9. The Morgan fingerprint density at radius 2 is 2.27 bits per heavy atom. The predicted octanol–water partition coefficient (Wildman–Crippen LogP) is 0.976.